The van der Waals surface area contributed by atoms with Crippen LogP contribution in [-0.2, 0) is 0 Å². The molecule has 1 heterocycles. The van der Waals surface area contributed by atoms with Gasteiger partial charge in [0.05, 0.1) is 11.3 Å². The van der Waals surface area contributed by atoms with Crippen LogP contribution in [0.15, 0.2) is 77.3 Å². The number of rotatable bonds is 6. The van der Waals surface area contributed by atoms with Crippen LogP contribution in [0.1, 0.15) is 24.2 Å². The van der Waals surface area contributed by atoms with Crippen LogP contribution >= 0.6 is 11.8 Å². The topological polar surface area (TPSA) is 34.9 Å². The van der Waals surface area contributed by atoms with Crippen LogP contribution in [0.4, 0.5) is 0 Å². The van der Waals surface area contributed by atoms with Gasteiger partial charge >= 0.3 is 0 Å². The van der Waals surface area contributed by atoms with Crippen molar-refractivity contribution in [1.29, 1.82) is 0 Å². The third kappa shape index (κ3) is 3.91. The first-order valence-electron chi connectivity index (χ1n) is 8.16. The Morgan fingerprint density at radius 2 is 1.68 bits per heavy atom. The van der Waals surface area contributed by atoms with Gasteiger partial charge < -0.3 is 0 Å². The Labute approximate surface area is 152 Å². The van der Waals surface area contributed by atoms with Crippen LogP contribution in [0.25, 0.3) is 16.9 Å². The fourth-order valence-corrected chi connectivity index (χ4v) is 3.64. The molecular formula is C21H20N2OS. The van der Waals surface area contributed by atoms with Crippen LogP contribution < -0.4 is 0 Å². The molecule has 0 amide bonds. The number of benzene rings is 2. The largest absolute Gasteiger partial charge is 0.298 e. The Balaban J connectivity index is 2.13. The van der Waals surface area contributed by atoms with Gasteiger partial charge in [0.1, 0.15) is 10.7 Å². The Kier molecular flexibility index (Phi) is 5.51. The fourth-order valence-electron chi connectivity index (χ4n) is 2.50. The summed E-state index contributed by atoms with van der Waals surface area (Å²) < 4.78 is 1.87. The van der Waals surface area contributed by atoms with Crippen LogP contribution in [0.3, 0.4) is 0 Å². The second-order valence-electron chi connectivity index (χ2n) is 5.89. The minimum Gasteiger partial charge on any atom is -0.298 e. The number of carbonyl (C=O) groups is 1. The van der Waals surface area contributed by atoms with E-state index in [4.69, 9.17) is 5.10 Å². The van der Waals surface area contributed by atoms with Gasteiger partial charge in [-0.2, -0.15) is 5.10 Å². The highest BCUT2D eigenvalue weighted by molar-refractivity contribution is 7.99. The number of hydrogen-bond acceptors (Lipinski definition) is 3. The molecule has 0 spiro atoms. The third-order valence-electron chi connectivity index (χ3n) is 3.76. The lowest BCUT2D eigenvalue weighted by Gasteiger charge is -2.06. The Hall–Kier alpha value is -2.59. The number of allylic oxidation sites excluding steroid dienone is 1. The van der Waals surface area contributed by atoms with Gasteiger partial charge in [-0.3, -0.25) is 4.79 Å². The number of thioether (sulfide) groups is 1. The summed E-state index contributed by atoms with van der Waals surface area (Å²) in [7, 11) is 0. The molecule has 0 aliphatic rings. The van der Waals surface area contributed by atoms with E-state index in [1.54, 1.807) is 11.8 Å². The first-order valence-corrected chi connectivity index (χ1v) is 9.14. The summed E-state index contributed by atoms with van der Waals surface area (Å²) in [6.45, 7) is 4.15. The monoisotopic (exact) mass is 348 g/mol. The molecule has 3 rings (SSSR count). The van der Waals surface area contributed by atoms with E-state index in [9.17, 15) is 4.79 Å². The second kappa shape index (κ2) is 7.99. The molecule has 0 aliphatic carbocycles. The maximum Gasteiger partial charge on any atom is 0.155 e. The molecule has 0 saturated heterocycles. The molecule has 0 N–H and O–H groups in total. The van der Waals surface area contributed by atoms with Gasteiger partial charge in [-0.05, 0) is 26.0 Å². The highest BCUT2D eigenvalue weighted by atomic mass is 32.2. The Morgan fingerprint density at radius 3 is 2.28 bits per heavy atom. The third-order valence-corrected chi connectivity index (χ3v) is 4.75. The Bertz CT molecular complexity index is 879. The van der Waals surface area contributed by atoms with E-state index in [0.29, 0.717) is 5.56 Å². The van der Waals surface area contributed by atoms with Gasteiger partial charge in [-0.25, -0.2) is 4.68 Å². The van der Waals surface area contributed by atoms with E-state index in [2.05, 4.69) is 19.9 Å². The van der Waals surface area contributed by atoms with Crippen LogP contribution in [0, 0.1) is 0 Å². The van der Waals surface area contributed by atoms with Crippen LogP contribution in [0.2, 0.25) is 0 Å². The lowest BCUT2D eigenvalue weighted by molar-refractivity contribution is 0.112. The number of para-hydroxylation sites is 1. The first kappa shape index (κ1) is 17.2. The number of hydrogen-bond donors (Lipinski definition) is 0. The van der Waals surface area contributed by atoms with Crippen molar-refractivity contribution in [3.63, 3.8) is 0 Å². The summed E-state index contributed by atoms with van der Waals surface area (Å²) in [6.07, 6.45) is 3.07. The zero-order valence-electron chi connectivity index (χ0n) is 14.3. The maximum absolute atomic E-state index is 11.9. The van der Waals surface area contributed by atoms with Crippen LogP contribution in [0.5, 0.6) is 0 Å². The lowest BCUT2D eigenvalue weighted by atomic mass is 10.1. The molecule has 0 radical (unpaired) electrons. The molecule has 25 heavy (non-hydrogen) atoms. The molecule has 3 nitrogen and oxygen atoms in total. The van der Waals surface area contributed by atoms with Crippen molar-refractivity contribution in [2.24, 2.45) is 0 Å². The van der Waals surface area contributed by atoms with E-state index < -0.39 is 0 Å². The molecule has 0 aliphatic heterocycles. The van der Waals surface area contributed by atoms with Crippen molar-refractivity contribution < 1.29 is 4.79 Å². The molecule has 3 aromatic rings. The predicted molar refractivity (Wildman–Crippen MR) is 105 cm³/mol. The van der Waals surface area contributed by atoms with E-state index in [1.165, 1.54) is 5.57 Å². The molecule has 0 saturated carbocycles. The van der Waals surface area contributed by atoms with Crippen molar-refractivity contribution in [2.45, 2.75) is 18.9 Å². The molecule has 4 heteroatoms. The summed E-state index contributed by atoms with van der Waals surface area (Å²) in [5.74, 6) is 0.802. The Morgan fingerprint density at radius 1 is 1.04 bits per heavy atom. The van der Waals surface area contributed by atoms with Crippen molar-refractivity contribution in [3.8, 4) is 16.9 Å². The highest BCUT2D eigenvalue weighted by Crippen LogP contribution is 2.32. The van der Waals surface area contributed by atoms with E-state index in [0.717, 1.165) is 34.0 Å². The van der Waals surface area contributed by atoms with Gasteiger partial charge in [-0.15, -0.1) is 11.8 Å². The number of aldehydes is 1. The maximum atomic E-state index is 11.9. The smallest absolute Gasteiger partial charge is 0.155 e. The number of carbonyl (C=O) groups excluding carboxylic acids is 1. The average Bonchev–Trinajstić information content (AvgIpc) is 3.01. The lowest BCUT2D eigenvalue weighted by Crippen LogP contribution is -1.99. The zero-order valence-corrected chi connectivity index (χ0v) is 15.2. The quantitative estimate of drug-likeness (QED) is 0.339. The number of aromatic nitrogens is 2. The first-order chi connectivity index (χ1) is 12.2. The number of nitrogens with zero attached hydrogens (tertiary/aromatic N) is 2. The SMILES string of the molecule is CC(C)=CCSc1c(C=O)c(-c2ccccc2)nn1-c1ccccc1. The summed E-state index contributed by atoms with van der Waals surface area (Å²) in [6, 6.07) is 19.8. The normalized spacial score (nSPS) is 10.5. The predicted octanol–water partition coefficient (Wildman–Crippen LogP) is 5.41. The van der Waals surface area contributed by atoms with E-state index in [-0.39, 0.29) is 0 Å². The van der Waals surface area contributed by atoms with E-state index in [1.807, 2.05) is 65.3 Å². The fraction of sp³-hybridized carbons (Fsp3) is 0.143. The molecular weight excluding hydrogens is 328 g/mol. The molecule has 0 atom stereocenters. The van der Waals surface area contributed by atoms with Gasteiger partial charge in [-0.1, -0.05) is 60.2 Å². The van der Waals surface area contributed by atoms with Crippen LogP contribution in [-0.4, -0.2) is 21.8 Å². The zero-order chi connectivity index (χ0) is 17.6. The van der Waals surface area contributed by atoms with Crippen molar-refractivity contribution in [1.82, 2.24) is 9.78 Å². The molecule has 2 aromatic carbocycles. The summed E-state index contributed by atoms with van der Waals surface area (Å²) in [5.41, 5.74) is 4.52. The van der Waals surface area contributed by atoms with Crippen molar-refractivity contribution in [3.05, 3.63) is 77.9 Å². The van der Waals surface area contributed by atoms with Gasteiger partial charge in [0.2, 0.25) is 0 Å². The molecule has 0 bridgehead atoms. The summed E-state index contributed by atoms with van der Waals surface area (Å²) >= 11 is 1.63. The molecule has 0 unspecified atom stereocenters. The van der Waals surface area contributed by atoms with Gasteiger partial charge in [0.25, 0.3) is 0 Å². The summed E-state index contributed by atoms with van der Waals surface area (Å²) in [5, 5.41) is 5.64. The van der Waals surface area contributed by atoms with Gasteiger partial charge in [0, 0.05) is 11.3 Å². The molecule has 126 valence electrons. The van der Waals surface area contributed by atoms with E-state index >= 15 is 0 Å². The minimum absolute atomic E-state index is 0.641. The molecule has 1 aromatic heterocycles. The van der Waals surface area contributed by atoms with Crippen molar-refractivity contribution in [2.75, 3.05) is 5.75 Å². The highest BCUT2D eigenvalue weighted by Gasteiger charge is 2.19. The van der Waals surface area contributed by atoms with Crippen molar-refractivity contribution >= 4 is 18.0 Å². The standard InChI is InChI=1S/C21H20N2OS/c1-16(2)13-14-25-21-19(15-24)20(17-9-5-3-6-10-17)22-23(21)18-11-7-4-8-12-18/h3-13,15H,14H2,1-2H3. The average molecular weight is 348 g/mol. The second-order valence-corrected chi connectivity index (χ2v) is 6.90. The summed E-state index contributed by atoms with van der Waals surface area (Å²) in [4.78, 5) is 11.9. The minimum atomic E-state index is 0.641. The van der Waals surface area contributed by atoms with Gasteiger partial charge in [0.15, 0.2) is 6.29 Å². The molecule has 0 fully saturated rings.